The number of piperazine rings is 1. The van der Waals surface area contributed by atoms with Crippen LogP contribution in [0.3, 0.4) is 0 Å². The minimum absolute atomic E-state index is 0.199. The van der Waals surface area contributed by atoms with Gasteiger partial charge in [-0.15, -0.1) is 0 Å². The van der Waals surface area contributed by atoms with Crippen molar-refractivity contribution in [1.29, 1.82) is 0 Å². The highest BCUT2D eigenvalue weighted by Gasteiger charge is 2.29. The quantitative estimate of drug-likeness (QED) is 0.613. The van der Waals surface area contributed by atoms with Gasteiger partial charge in [0, 0.05) is 53.0 Å². The number of nitrogens with one attached hydrogen (secondary N) is 2. The number of halogens is 1. The summed E-state index contributed by atoms with van der Waals surface area (Å²) >= 11 is 8.62. The lowest BCUT2D eigenvalue weighted by Gasteiger charge is -2.38. The van der Waals surface area contributed by atoms with E-state index in [1.807, 2.05) is 56.0 Å². The number of anilines is 2. The number of hydrogen-bond acceptors (Lipinski definition) is 4. The van der Waals surface area contributed by atoms with Crippen molar-refractivity contribution >= 4 is 56.4 Å². The monoisotopic (exact) mass is 502 g/mol. The van der Waals surface area contributed by atoms with Crippen LogP contribution in [0.1, 0.15) is 31.1 Å². The fraction of sp³-hybridized carbons (Fsp3) is 0.348. The van der Waals surface area contributed by atoms with E-state index >= 15 is 0 Å². The standard InChI is InChI=1S/C23H27BrN4O2S/c1-23(2,3)21(30)28-13-11-27(12-14-28)19-9-7-18(8-10-19)25-22(31)26-20(29)16-5-4-6-17(24)15-16/h4-10,15H,11-14H2,1-3H3,(H2,25,26,29,31). The summed E-state index contributed by atoms with van der Waals surface area (Å²) < 4.78 is 0.832. The van der Waals surface area contributed by atoms with Gasteiger partial charge in [-0.2, -0.15) is 0 Å². The molecule has 2 N–H and O–H groups in total. The van der Waals surface area contributed by atoms with Gasteiger partial charge in [0.05, 0.1) is 0 Å². The molecular weight excluding hydrogens is 476 g/mol. The van der Waals surface area contributed by atoms with Crippen LogP contribution >= 0.6 is 28.1 Å². The number of carbonyl (C=O) groups excluding carboxylic acids is 2. The van der Waals surface area contributed by atoms with Gasteiger partial charge >= 0.3 is 0 Å². The molecule has 1 aliphatic rings. The molecule has 0 aromatic heterocycles. The SMILES string of the molecule is CC(C)(C)C(=O)N1CCN(c2ccc(NC(=S)NC(=O)c3cccc(Br)c3)cc2)CC1. The lowest BCUT2D eigenvalue weighted by Crippen LogP contribution is -2.51. The summed E-state index contributed by atoms with van der Waals surface area (Å²) in [6.07, 6.45) is 0. The maximum absolute atomic E-state index is 12.4. The molecular formula is C23H27BrN4O2S. The van der Waals surface area contributed by atoms with Crippen molar-refractivity contribution in [1.82, 2.24) is 10.2 Å². The first-order chi connectivity index (χ1) is 14.6. The highest BCUT2D eigenvalue weighted by Crippen LogP contribution is 2.22. The molecule has 0 bridgehead atoms. The molecule has 2 aromatic carbocycles. The summed E-state index contributed by atoms with van der Waals surface area (Å²) in [6, 6.07) is 15.0. The molecule has 0 unspecified atom stereocenters. The average molecular weight is 503 g/mol. The van der Waals surface area contributed by atoms with Gasteiger partial charge in [-0.3, -0.25) is 14.9 Å². The van der Waals surface area contributed by atoms with E-state index in [0.29, 0.717) is 5.56 Å². The maximum atomic E-state index is 12.4. The number of thiocarbonyl (C=S) groups is 1. The summed E-state index contributed by atoms with van der Waals surface area (Å²) in [5, 5.41) is 5.98. The van der Waals surface area contributed by atoms with Crippen LogP contribution in [0.4, 0.5) is 11.4 Å². The van der Waals surface area contributed by atoms with E-state index in [9.17, 15) is 9.59 Å². The molecule has 3 rings (SSSR count). The average Bonchev–Trinajstić information content (AvgIpc) is 2.73. The van der Waals surface area contributed by atoms with Crippen molar-refractivity contribution in [3.05, 3.63) is 58.6 Å². The van der Waals surface area contributed by atoms with E-state index < -0.39 is 0 Å². The zero-order valence-corrected chi connectivity index (χ0v) is 20.3. The van der Waals surface area contributed by atoms with Crippen LogP contribution in [-0.2, 0) is 4.79 Å². The maximum Gasteiger partial charge on any atom is 0.257 e. The van der Waals surface area contributed by atoms with Crippen molar-refractivity contribution in [2.45, 2.75) is 20.8 Å². The van der Waals surface area contributed by atoms with E-state index in [1.165, 1.54) is 0 Å². The van der Waals surface area contributed by atoms with Crippen LogP contribution in [-0.4, -0.2) is 48.0 Å². The zero-order valence-electron chi connectivity index (χ0n) is 17.9. The first-order valence-corrected chi connectivity index (χ1v) is 11.4. The van der Waals surface area contributed by atoms with Gasteiger partial charge in [0.2, 0.25) is 5.91 Å². The molecule has 0 saturated carbocycles. The Kier molecular flexibility index (Phi) is 7.33. The normalized spacial score (nSPS) is 14.2. The second-order valence-electron chi connectivity index (χ2n) is 8.49. The highest BCUT2D eigenvalue weighted by atomic mass is 79.9. The van der Waals surface area contributed by atoms with Crippen molar-refractivity contribution in [3.8, 4) is 0 Å². The number of nitrogens with zero attached hydrogens (tertiary/aromatic N) is 2. The molecule has 1 aliphatic heterocycles. The van der Waals surface area contributed by atoms with Crippen molar-refractivity contribution in [2.24, 2.45) is 5.41 Å². The fourth-order valence-electron chi connectivity index (χ4n) is 3.37. The Hall–Kier alpha value is -2.45. The second kappa shape index (κ2) is 9.78. The van der Waals surface area contributed by atoms with Gasteiger partial charge in [-0.25, -0.2) is 0 Å². The van der Waals surface area contributed by atoms with E-state index in [-0.39, 0.29) is 22.3 Å². The summed E-state index contributed by atoms with van der Waals surface area (Å²) in [4.78, 5) is 29.0. The fourth-order valence-corrected chi connectivity index (χ4v) is 3.97. The van der Waals surface area contributed by atoms with Crippen LogP contribution in [0.25, 0.3) is 0 Å². The second-order valence-corrected chi connectivity index (χ2v) is 9.82. The van der Waals surface area contributed by atoms with Gasteiger partial charge in [-0.05, 0) is 54.7 Å². The molecule has 2 amide bonds. The van der Waals surface area contributed by atoms with E-state index in [4.69, 9.17) is 12.2 Å². The van der Waals surface area contributed by atoms with Crippen LogP contribution < -0.4 is 15.5 Å². The third-order valence-electron chi connectivity index (χ3n) is 5.01. The number of benzene rings is 2. The lowest BCUT2D eigenvalue weighted by atomic mass is 9.94. The van der Waals surface area contributed by atoms with Crippen molar-refractivity contribution in [3.63, 3.8) is 0 Å². The summed E-state index contributed by atoms with van der Waals surface area (Å²) in [7, 11) is 0. The summed E-state index contributed by atoms with van der Waals surface area (Å²) in [5.74, 6) is -0.0665. The van der Waals surface area contributed by atoms with Crippen LogP contribution in [0.5, 0.6) is 0 Å². The predicted molar refractivity (Wildman–Crippen MR) is 133 cm³/mol. The van der Waals surface area contributed by atoms with E-state index in [2.05, 4.69) is 31.5 Å². The molecule has 6 nitrogen and oxygen atoms in total. The van der Waals surface area contributed by atoms with Crippen LogP contribution in [0, 0.1) is 5.41 Å². The first kappa shape index (κ1) is 23.2. The summed E-state index contributed by atoms with van der Waals surface area (Å²) in [5.41, 5.74) is 2.07. The number of amides is 2. The first-order valence-electron chi connectivity index (χ1n) is 10.2. The Labute approximate surface area is 197 Å². The third-order valence-corrected chi connectivity index (χ3v) is 5.71. The Morgan fingerprint density at radius 3 is 2.23 bits per heavy atom. The smallest absolute Gasteiger partial charge is 0.257 e. The van der Waals surface area contributed by atoms with Gasteiger partial charge in [-0.1, -0.05) is 42.8 Å². The topological polar surface area (TPSA) is 64.7 Å². The minimum Gasteiger partial charge on any atom is -0.368 e. The molecule has 1 saturated heterocycles. The van der Waals surface area contributed by atoms with Crippen LogP contribution in [0.15, 0.2) is 53.0 Å². The number of carbonyl (C=O) groups is 2. The van der Waals surface area contributed by atoms with E-state index in [0.717, 1.165) is 42.0 Å². The third kappa shape index (κ3) is 6.27. The van der Waals surface area contributed by atoms with E-state index in [1.54, 1.807) is 18.2 Å². The largest absolute Gasteiger partial charge is 0.368 e. The Morgan fingerprint density at radius 1 is 1.00 bits per heavy atom. The molecule has 8 heteroatoms. The van der Waals surface area contributed by atoms with Gasteiger partial charge in [0.1, 0.15) is 0 Å². The molecule has 1 fully saturated rings. The van der Waals surface area contributed by atoms with Gasteiger partial charge in [0.25, 0.3) is 5.91 Å². The molecule has 2 aromatic rings. The molecule has 31 heavy (non-hydrogen) atoms. The highest BCUT2D eigenvalue weighted by molar-refractivity contribution is 9.10. The van der Waals surface area contributed by atoms with Gasteiger partial charge < -0.3 is 15.1 Å². The van der Waals surface area contributed by atoms with Crippen LogP contribution in [0.2, 0.25) is 0 Å². The molecule has 0 aliphatic carbocycles. The molecule has 0 atom stereocenters. The zero-order chi connectivity index (χ0) is 22.6. The Morgan fingerprint density at radius 2 is 1.65 bits per heavy atom. The predicted octanol–water partition coefficient (Wildman–Crippen LogP) is 4.27. The number of hydrogen-bond donors (Lipinski definition) is 2. The molecule has 0 radical (unpaired) electrons. The molecule has 0 spiro atoms. The Balaban J connectivity index is 1.52. The van der Waals surface area contributed by atoms with Crippen molar-refractivity contribution in [2.75, 3.05) is 36.4 Å². The van der Waals surface area contributed by atoms with Crippen molar-refractivity contribution < 1.29 is 9.59 Å². The number of rotatable bonds is 3. The molecule has 164 valence electrons. The van der Waals surface area contributed by atoms with Gasteiger partial charge in [0.15, 0.2) is 5.11 Å². The lowest BCUT2D eigenvalue weighted by molar-refractivity contribution is -0.139. The molecule has 1 heterocycles. The Bertz CT molecular complexity index is 964. The minimum atomic E-state index is -0.347. The summed E-state index contributed by atoms with van der Waals surface area (Å²) in [6.45, 7) is 8.92.